The third-order valence-electron chi connectivity index (χ3n) is 9.40. The average molecular weight is 511 g/mol. The molecule has 1 aromatic carbocycles. The van der Waals surface area contributed by atoms with Gasteiger partial charge in [-0.2, -0.15) is 5.10 Å². The van der Waals surface area contributed by atoms with E-state index in [1.165, 1.54) is 42.5 Å². The van der Waals surface area contributed by atoms with E-state index in [0.29, 0.717) is 18.1 Å². The summed E-state index contributed by atoms with van der Waals surface area (Å²) in [6, 6.07) is 8.62. The molecule has 0 spiro atoms. The maximum Gasteiger partial charge on any atom is 0.160 e. The van der Waals surface area contributed by atoms with E-state index in [-0.39, 0.29) is 0 Å². The Labute approximate surface area is 224 Å². The highest BCUT2D eigenvalue weighted by atomic mass is 15.3. The van der Waals surface area contributed by atoms with E-state index in [1.54, 1.807) is 0 Å². The molecule has 3 aliphatic heterocycles. The van der Waals surface area contributed by atoms with E-state index < -0.39 is 0 Å². The fraction of sp³-hybridized carbons (Fsp3) is 0.500. The first-order valence-electron chi connectivity index (χ1n) is 14.1. The molecule has 2 bridgehead atoms. The van der Waals surface area contributed by atoms with Crippen LogP contribution in [0.25, 0.3) is 33.4 Å². The van der Waals surface area contributed by atoms with Gasteiger partial charge >= 0.3 is 0 Å². The van der Waals surface area contributed by atoms with Crippen molar-refractivity contribution >= 4 is 16.7 Å². The normalized spacial score (nSPS) is 24.5. The molecule has 3 aromatic heterocycles. The minimum Gasteiger partial charge on any atom is -0.369 e. The van der Waals surface area contributed by atoms with Gasteiger partial charge < -0.3 is 19.7 Å². The number of aromatic amines is 1. The lowest BCUT2D eigenvalue weighted by molar-refractivity contribution is 0.131. The van der Waals surface area contributed by atoms with Crippen molar-refractivity contribution in [2.45, 2.75) is 57.7 Å². The van der Waals surface area contributed by atoms with Gasteiger partial charge in [-0.05, 0) is 83.0 Å². The van der Waals surface area contributed by atoms with Crippen LogP contribution < -0.4 is 4.90 Å². The number of benzene rings is 1. The van der Waals surface area contributed by atoms with Crippen molar-refractivity contribution < 1.29 is 0 Å². The summed E-state index contributed by atoms with van der Waals surface area (Å²) in [5.41, 5.74) is 9.10. The smallest absolute Gasteiger partial charge is 0.160 e. The van der Waals surface area contributed by atoms with Gasteiger partial charge in [-0.15, -0.1) is 10.2 Å². The van der Waals surface area contributed by atoms with E-state index in [2.05, 4.69) is 93.1 Å². The molecule has 4 aromatic rings. The van der Waals surface area contributed by atoms with E-state index in [4.69, 9.17) is 5.10 Å². The Hall–Kier alpha value is -3.23. The molecule has 0 saturated carbocycles. The summed E-state index contributed by atoms with van der Waals surface area (Å²) in [5.74, 6) is 0. The Balaban J connectivity index is 1.18. The maximum absolute atomic E-state index is 4.83. The molecule has 0 amide bonds. The first-order valence-corrected chi connectivity index (χ1v) is 14.1. The minimum atomic E-state index is 0.489. The Bertz CT molecular complexity index is 1440. The lowest BCUT2D eigenvalue weighted by Gasteiger charge is -2.36. The summed E-state index contributed by atoms with van der Waals surface area (Å²) in [6.45, 7) is 8.80. The third-order valence-corrected chi connectivity index (χ3v) is 9.40. The number of nitrogens with one attached hydrogen (secondary N) is 1. The average Bonchev–Trinajstić information content (AvgIpc) is 3.60. The van der Waals surface area contributed by atoms with Gasteiger partial charge in [0, 0.05) is 78.4 Å². The van der Waals surface area contributed by atoms with Crippen LogP contribution in [0.4, 0.5) is 5.69 Å². The number of anilines is 1. The van der Waals surface area contributed by atoms with Crippen LogP contribution >= 0.6 is 0 Å². The van der Waals surface area contributed by atoms with Gasteiger partial charge in [0.1, 0.15) is 0 Å². The van der Waals surface area contributed by atoms with Crippen molar-refractivity contribution in [1.29, 1.82) is 0 Å². The highest BCUT2D eigenvalue weighted by Gasteiger charge is 2.39. The van der Waals surface area contributed by atoms with Crippen LogP contribution in [-0.2, 0) is 0 Å². The number of piperidine rings is 1. The third kappa shape index (κ3) is 4.01. The highest BCUT2D eigenvalue weighted by Crippen LogP contribution is 2.40. The second kappa shape index (κ2) is 9.20. The zero-order chi connectivity index (χ0) is 26.0. The molecule has 3 fully saturated rings. The topological polar surface area (TPSA) is 69.1 Å². The number of H-pyrrole nitrogens is 1. The first kappa shape index (κ1) is 23.9. The van der Waals surface area contributed by atoms with Gasteiger partial charge in [0.2, 0.25) is 0 Å². The standard InChI is InChI=1S/C30H38N8/c1-19-11-21(12-20(2)29(19)37-9-7-35(3)8-10-37)28-15-26-27(17-31-30(26)34-33-28)22-16-32-38(18-22)25-13-23-5-6-24(14-25)36(23)4/h11-12,15-18,23-25H,5-10,13-14H2,1-4H3,(H,31,34). The van der Waals surface area contributed by atoms with Gasteiger partial charge in [0.05, 0.1) is 17.9 Å². The lowest BCUT2D eigenvalue weighted by Crippen LogP contribution is -2.45. The quantitative estimate of drug-likeness (QED) is 0.431. The number of likely N-dealkylation sites (N-methyl/N-ethyl adjacent to an activating group) is 1. The van der Waals surface area contributed by atoms with Crippen LogP contribution in [0.5, 0.6) is 0 Å². The van der Waals surface area contributed by atoms with Crippen molar-refractivity contribution in [2.75, 3.05) is 45.2 Å². The van der Waals surface area contributed by atoms with Crippen LogP contribution in [0.15, 0.2) is 36.8 Å². The number of aromatic nitrogens is 5. The molecule has 8 nitrogen and oxygen atoms in total. The summed E-state index contributed by atoms with van der Waals surface area (Å²) >= 11 is 0. The number of piperazine rings is 1. The second-order valence-electron chi connectivity index (χ2n) is 11.8. The first-order chi connectivity index (χ1) is 18.4. The van der Waals surface area contributed by atoms with Gasteiger partial charge in [-0.3, -0.25) is 4.68 Å². The number of aryl methyl sites for hydroxylation is 2. The largest absolute Gasteiger partial charge is 0.369 e. The Morgan fingerprint density at radius 3 is 2.26 bits per heavy atom. The molecule has 7 rings (SSSR count). The Morgan fingerprint density at radius 1 is 0.842 bits per heavy atom. The summed E-state index contributed by atoms with van der Waals surface area (Å²) in [6.07, 6.45) is 11.3. The maximum atomic E-state index is 4.83. The molecule has 0 aliphatic carbocycles. The highest BCUT2D eigenvalue weighted by molar-refractivity contribution is 5.95. The van der Waals surface area contributed by atoms with Gasteiger partial charge in [0.25, 0.3) is 0 Å². The lowest BCUT2D eigenvalue weighted by atomic mass is 9.98. The molecule has 2 unspecified atom stereocenters. The molecule has 8 heteroatoms. The fourth-order valence-corrected chi connectivity index (χ4v) is 7.21. The number of hydrogen-bond acceptors (Lipinski definition) is 6. The van der Waals surface area contributed by atoms with Crippen LogP contribution in [-0.4, -0.2) is 87.1 Å². The van der Waals surface area contributed by atoms with Crippen molar-refractivity contribution in [2.24, 2.45) is 0 Å². The number of fused-ring (bicyclic) bond motifs is 3. The molecule has 3 saturated heterocycles. The van der Waals surface area contributed by atoms with Crippen LogP contribution in [0, 0.1) is 13.8 Å². The van der Waals surface area contributed by atoms with E-state index in [1.807, 2.05) is 6.20 Å². The molecular formula is C30H38N8. The predicted octanol–water partition coefficient (Wildman–Crippen LogP) is 4.65. The molecule has 0 radical (unpaired) electrons. The summed E-state index contributed by atoms with van der Waals surface area (Å²) in [5, 5.41) is 15.1. The zero-order valence-electron chi connectivity index (χ0n) is 23.0. The monoisotopic (exact) mass is 510 g/mol. The summed E-state index contributed by atoms with van der Waals surface area (Å²) in [4.78, 5) is 10.8. The predicted molar refractivity (Wildman–Crippen MR) is 153 cm³/mol. The van der Waals surface area contributed by atoms with Crippen molar-refractivity contribution in [3.8, 4) is 22.4 Å². The molecule has 2 atom stereocenters. The van der Waals surface area contributed by atoms with Crippen molar-refractivity contribution in [3.63, 3.8) is 0 Å². The van der Waals surface area contributed by atoms with Gasteiger partial charge in [-0.25, -0.2) is 0 Å². The van der Waals surface area contributed by atoms with Crippen LogP contribution in [0.1, 0.15) is 42.9 Å². The molecule has 1 N–H and O–H groups in total. The van der Waals surface area contributed by atoms with Crippen molar-refractivity contribution in [1.82, 2.24) is 34.8 Å². The number of hydrogen-bond donors (Lipinski definition) is 1. The Kier molecular flexibility index (Phi) is 5.78. The Morgan fingerprint density at radius 2 is 1.55 bits per heavy atom. The van der Waals surface area contributed by atoms with E-state index in [0.717, 1.165) is 59.6 Å². The van der Waals surface area contributed by atoms with Crippen molar-refractivity contribution in [3.05, 3.63) is 47.9 Å². The van der Waals surface area contributed by atoms with E-state index >= 15 is 0 Å². The molecule has 6 heterocycles. The van der Waals surface area contributed by atoms with Gasteiger partial charge in [0.15, 0.2) is 5.65 Å². The molecule has 3 aliphatic rings. The zero-order valence-corrected chi connectivity index (χ0v) is 23.0. The summed E-state index contributed by atoms with van der Waals surface area (Å²) in [7, 11) is 4.49. The number of rotatable bonds is 4. The SMILES string of the molecule is Cc1cc(-c2cc3c(-c4cnn(C5CC6CCC(C5)N6C)c4)c[nH]c3nn2)cc(C)c1N1CCN(C)CC1. The molecular weight excluding hydrogens is 472 g/mol. The summed E-state index contributed by atoms with van der Waals surface area (Å²) < 4.78 is 2.21. The fourth-order valence-electron chi connectivity index (χ4n) is 7.21. The number of nitrogens with zero attached hydrogens (tertiary/aromatic N) is 7. The molecule has 198 valence electrons. The van der Waals surface area contributed by atoms with E-state index in [9.17, 15) is 0 Å². The van der Waals surface area contributed by atoms with Gasteiger partial charge in [-0.1, -0.05) is 0 Å². The van der Waals surface area contributed by atoms with Crippen LogP contribution in [0.2, 0.25) is 0 Å². The van der Waals surface area contributed by atoms with Crippen LogP contribution in [0.3, 0.4) is 0 Å². The minimum absolute atomic E-state index is 0.489. The molecule has 38 heavy (non-hydrogen) atoms. The second-order valence-corrected chi connectivity index (χ2v) is 11.8.